The van der Waals surface area contributed by atoms with Crippen molar-refractivity contribution >= 4 is 22.7 Å². The van der Waals surface area contributed by atoms with Gasteiger partial charge in [-0.1, -0.05) is 6.07 Å². The van der Waals surface area contributed by atoms with Crippen molar-refractivity contribution in [2.24, 2.45) is 0 Å². The Balaban J connectivity index is 1.77. The molecular formula is C21H21F2N3O3. The third-order valence-corrected chi connectivity index (χ3v) is 4.93. The monoisotopic (exact) mass is 401 g/mol. The molecule has 1 unspecified atom stereocenters. The number of hydrogen-bond acceptors (Lipinski definition) is 6. The Bertz CT molecular complexity index is 1110. The molecule has 4 rings (SSSR count). The van der Waals surface area contributed by atoms with E-state index >= 15 is 0 Å². The number of anilines is 2. The predicted molar refractivity (Wildman–Crippen MR) is 106 cm³/mol. The molecule has 0 saturated carbocycles. The van der Waals surface area contributed by atoms with Gasteiger partial charge in [-0.05, 0) is 37.6 Å². The number of nitrogens with one attached hydrogen (secondary N) is 1. The summed E-state index contributed by atoms with van der Waals surface area (Å²) < 4.78 is 38.7. The van der Waals surface area contributed by atoms with Crippen molar-refractivity contribution in [2.75, 3.05) is 36.5 Å². The van der Waals surface area contributed by atoms with E-state index in [4.69, 9.17) is 9.15 Å². The molecule has 6 nitrogen and oxygen atoms in total. The van der Waals surface area contributed by atoms with E-state index in [1.54, 1.807) is 6.07 Å². The summed E-state index contributed by atoms with van der Waals surface area (Å²) in [5.74, 6) is -1.33. The molecule has 1 saturated heterocycles. The number of ether oxygens (including phenoxy) is 1. The number of hydrogen-bond donors (Lipinski definition) is 1. The number of rotatable bonds is 4. The Kier molecular flexibility index (Phi) is 5.19. The topological polar surface area (TPSA) is 67.6 Å². The van der Waals surface area contributed by atoms with Crippen LogP contribution in [0.15, 0.2) is 39.5 Å². The van der Waals surface area contributed by atoms with Crippen LogP contribution in [0.1, 0.15) is 24.1 Å². The number of benzene rings is 2. The molecular weight excluding hydrogens is 380 g/mol. The molecule has 0 aliphatic carbocycles. The number of aromatic nitrogens is 1. The lowest BCUT2D eigenvalue weighted by Gasteiger charge is -2.26. The highest BCUT2D eigenvalue weighted by Crippen LogP contribution is 2.30. The van der Waals surface area contributed by atoms with Crippen molar-refractivity contribution in [3.05, 3.63) is 63.4 Å². The highest BCUT2D eigenvalue weighted by molar-refractivity contribution is 5.81. The van der Waals surface area contributed by atoms with Gasteiger partial charge in [-0.3, -0.25) is 4.79 Å². The Labute approximate surface area is 166 Å². The second-order valence-electron chi connectivity index (χ2n) is 7.12. The standard InChI is InChI=1S/C21H21F2N3O3/c1-12-9-15(13(2)24-18-4-3-14(22)11-17(18)23)19-16(10-12)20(27)25-21(29-19)26-5-7-28-8-6-26/h3-4,9-11,13,24H,5-8H2,1-2H3. The van der Waals surface area contributed by atoms with Crippen molar-refractivity contribution in [1.82, 2.24) is 4.98 Å². The highest BCUT2D eigenvalue weighted by atomic mass is 19.1. The van der Waals surface area contributed by atoms with Crippen molar-refractivity contribution in [3.63, 3.8) is 0 Å². The third kappa shape index (κ3) is 3.93. The summed E-state index contributed by atoms with van der Waals surface area (Å²) in [5, 5.41) is 3.40. The minimum Gasteiger partial charge on any atom is -0.424 e. The Morgan fingerprint density at radius 3 is 2.66 bits per heavy atom. The van der Waals surface area contributed by atoms with E-state index < -0.39 is 17.7 Å². The molecule has 0 spiro atoms. The van der Waals surface area contributed by atoms with Crippen LogP contribution in [0.5, 0.6) is 0 Å². The zero-order chi connectivity index (χ0) is 20.5. The minimum atomic E-state index is -0.689. The van der Waals surface area contributed by atoms with Gasteiger partial charge in [-0.25, -0.2) is 8.78 Å². The van der Waals surface area contributed by atoms with E-state index in [2.05, 4.69) is 10.3 Å². The lowest BCUT2D eigenvalue weighted by molar-refractivity contribution is 0.120. The quantitative estimate of drug-likeness (QED) is 0.718. The van der Waals surface area contributed by atoms with Crippen molar-refractivity contribution in [3.8, 4) is 0 Å². The van der Waals surface area contributed by atoms with Crippen molar-refractivity contribution in [1.29, 1.82) is 0 Å². The van der Waals surface area contributed by atoms with Gasteiger partial charge in [0.25, 0.3) is 5.56 Å². The lowest BCUT2D eigenvalue weighted by atomic mass is 10.0. The lowest BCUT2D eigenvalue weighted by Crippen LogP contribution is -2.37. The predicted octanol–water partition coefficient (Wildman–Crippen LogP) is 3.78. The van der Waals surface area contributed by atoms with E-state index in [1.807, 2.05) is 24.8 Å². The molecule has 8 heteroatoms. The molecule has 1 N–H and O–H groups in total. The van der Waals surface area contributed by atoms with Gasteiger partial charge in [-0.15, -0.1) is 0 Å². The summed E-state index contributed by atoms with van der Waals surface area (Å²) in [5.41, 5.74) is 1.74. The molecule has 152 valence electrons. The van der Waals surface area contributed by atoms with E-state index in [9.17, 15) is 13.6 Å². The molecule has 0 bridgehead atoms. The summed E-state index contributed by atoms with van der Waals surface area (Å²) in [6.45, 7) is 5.92. The Hall–Kier alpha value is -3.00. The normalized spacial score (nSPS) is 15.5. The molecule has 1 aliphatic heterocycles. The molecule has 2 aromatic carbocycles. The fourth-order valence-corrected chi connectivity index (χ4v) is 3.46. The number of morpholine rings is 1. The molecule has 29 heavy (non-hydrogen) atoms. The fourth-order valence-electron chi connectivity index (χ4n) is 3.46. The summed E-state index contributed by atoms with van der Waals surface area (Å²) in [6.07, 6.45) is 0. The Morgan fingerprint density at radius 1 is 1.17 bits per heavy atom. The first-order valence-corrected chi connectivity index (χ1v) is 9.42. The molecule has 0 amide bonds. The smallest absolute Gasteiger partial charge is 0.301 e. The van der Waals surface area contributed by atoms with Gasteiger partial charge >= 0.3 is 6.01 Å². The van der Waals surface area contributed by atoms with E-state index in [0.29, 0.717) is 42.8 Å². The maximum absolute atomic E-state index is 14.1. The van der Waals surface area contributed by atoms with Gasteiger partial charge < -0.3 is 19.4 Å². The average Bonchev–Trinajstić information content (AvgIpc) is 2.70. The van der Waals surface area contributed by atoms with Gasteiger partial charge in [0.1, 0.15) is 17.2 Å². The van der Waals surface area contributed by atoms with Crippen LogP contribution < -0.4 is 15.8 Å². The second-order valence-corrected chi connectivity index (χ2v) is 7.12. The molecule has 1 aliphatic rings. The van der Waals surface area contributed by atoms with Gasteiger partial charge in [0.2, 0.25) is 0 Å². The largest absolute Gasteiger partial charge is 0.424 e. The summed E-state index contributed by atoms with van der Waals surface area (Å²) in [7, 11) is 0. The summed E-state index contributed by atoms with van der Waals surface area (Å²) in [4.78, 5) is 18.6. The number of halogens is 2. The molecule has 2 heterocycles. The molecule has 1 atom stereocenters. The van der Waals surface area contributed by atoms with E-state index in [-0.39, 0.29) is 17.3 Å². The second kappa shape index (κ2) is 7.79. The molecule has 3 aromatic rings. The van der Waals surface area contributed by atoms with Crippen LogP contribution in [-0.2, 0) is 4.74 Å². The van der Waals surface area contributed by atoms with Crippen LogP contribution in [0.3, 0.4) is 0 Å². The van der Waals surface area contributed by atoms with Crippen LogP contribution in [0.2, 0.25) is 0 Å². The first-order valence-electron chi connectivity index (χ1n) is 9.42. The van der Waals surface area contributed by atoms with Gasteiger partial charge in [0, 0.05) is 24.7 Å². The van der Waals surface area contributed by atoms with Crippen LogP contribution >= 0.6 is 0 Å². The van der Waals surface area contributed by atoms with Crippen LogP contribution in [0.25, 0.3) is 11.0 Å². The van der Waals surface area contributed by atoms with E-state index in [1.165, 1.54) is 12.1 Å². The first kappa shape index (κ1) is 19.3. The molecule has 0 radical (unpaired) electrons. The van der Waals surface area contributed by atoms with Crippen LogP contribution in [0, 0.1) is 18.6 Å². The van der Waals surface area contributed by atoms with Crippen LogP contribution in [-0.4, -0.2) is 31.3 Å². The first-order chi connectivity index (χ1) is 13.9. The van der Waals surface area contributed by atoms with Crippen molar-refractivity contribution in [2.45, 2.75) is 19.9 Å². The SMILES string of the molecule is Cc1cc(C(C)Nc2ccc(F)cc2F)c2oc(N3CCOCC3)nc(=O)c2c1. The maximum atomic E-state index is 14.1. The molecule has 1 fully saturated rings. The van der Waals surface area contributed by atoms with Gasteiger partial charge in [0.15, 0.2) is 0 Å². The number of aryl methyl sites for hydroxylation is 1. The Morgan fingerprint density at radius 2 is 1.93 bits per heavy atom. The van der Waals surface area contributed by atoms with E-state index in [0.717, 1.165) is 11.6 Å². The summed E-state index contributed by atoms with van der Waals surface area (Å²) >= 11 is 0. The minimum absolute atomic E-state index is 0.165. The van der Waals surface area contributed by atoms with Crippen molar-refractivity contribution < 1.29 is 17.9 Å². The zero-order valence-electron chi connectivity index (χ0n) is 16.2. The zero-order valence-corrected chi connectivity index (χ0v) is 16.2. The third-order valence-electron chi connectivity index (χ3n) is 4.93. The fraction of sp³-hybridized carbons (Fsp3) is 0.333. The highest BCUT2D eigenvalue weighted by Gasteiger charge is 2.21. The number of fused-ring (bicyclic) bond motifs is 1. The van der Waals surface area contributed by atoms with Crippen LogP contribution in [0.4, 0.5) is 20.5 Å². The summed E-state index contributed by atoms with van der Waals surface area (Å²) in [6, 6.07) is 6.81. The van der Waals surface area contributed by atoms with Gasteiger partial charge in [-0.2, -0.15) is 4.98 Å². The average molecular weight is 401 g/mol. The molecule has 1 aromatic heterocycles. The maximum Gasteiger partial charge on any atom is 0.301 e. The van der Waals surface area contributed by atoms with Gasteiger partial charge in [0.05, 0.1) is 30.3 Å². The number of nitrogens with zero attached hydrogens (tertiary/aromatic N) is 2.